The van der Waals surface area contributed by atoms with Gasteiger partial charge in [0, 0.05) is 29.3 Å². The van der Waals surface area contributed by atoms with Crippen molar-refractivity contribution in [3.05, 3.63) is 48.0 Å². The number of aromatic nitrogens is 3. The Kier molecular flexibility index (Phi) is 5.75. The van der Waals surface area contributed by atoms with Gasteiger partial charge in [0.25, 0.3) is 5.91 Å². The van der Waals surface area contributed by atoms with Crippen molar-refractivity contribution >= 4 is 17.6 Å². The number of aromatic hydroxyl groups is 1. The number of nitrogens with one attached hydrogen (secondary N) is 2. The standard InChI is InChI=1S/C22H25N5O4/c1-13(2)24-22(30)27-18(14-5-3-4-6-14)12-17(26-27)16-11-15(7-8-19(16)28)25-21(29)20-9-10-23-31-20/h7-14,28H,3-6H2,1-2H3,(H,24,30)(H,25,29). The van der Waals surface area contributed by atoms with Crippen LogP contribution >= 0.6 is 0 Å². The van der Waals surface area contributed by atoms with Crippen molar-refractivity contribution in [2.24, 2.45) is 0 Å². The molecule has 4 rings (SSSR count). The molecule has 9 heteroatoms. The molecular weight excluding hydrogens is 398 g/mol. The summed E-state index contributed by atoms with van der Waals surface area (Å²) >= 11 is 0. The zero-order chi connectivity index (χ0) is 22.0. The zero-order valence-corrected chi connectivity index (χ0v) is 17.5. The first-order chi connectivity index (χ1) is 14.9. The summed E-state index contributed by atoms with van der Waals surface area (Å²) in [4.78, 5) is 25.0. The molecule has 162 valence electrons. The number of hydrogen-bond acceptors (Lipinski definition) is 6. The fourth-order valence-electron chi connectivity index (χ4n) is 3.85. The zero-order valence-electron chi connectivity index (χ0n) is 17.5. The van der Waals surface area contributed by atoms with Crippen LogP contribution in [-0.2, 0) is 0 Å². The van der Waals surface area contributed by atoms with Crippen LogP contribution in [0.1, 0.15) is 61.7 Å². The summed E-state index contributed by atoms with van der Waals surface area (Å²) in [6.45, 7) is 3.79. The molecule has 3 aromatic rings. The average molecular weight is 423 g/mol. The molecule has 1 fully saturated rings. The van der Waals surface area contributed by atoms with E-state index in [1.807, 2.05) is 19.9 Å². The Labute approximate surface area is 179 Å². The molecule has 0 aliphatic heterocycles. The highest BCUT2D eigenvalue weighted by Crippen LogP contribution is 2.38. The first-order valence-electron chi connectivity index (χ1n) is 10.4. The highest BCUT2D eigenvalue weighted by atomic mass is 16.5. The van der Waals surface area contributed by atoms with E-state index in [0.29, 0.717) is 16.9 Å². The SMILES string of the molecule is CC(C)NC(=O)n1nc(-c2cc(NC(=O)c3ccno3)ccc2O)cc1C1CCCC1. The number of nitrogens with zero attached hydrogens (tertiary/aromatic N) is 3. The predicted octanol–water partition coefficient (Wildman–Crippen LogP) is 4.12. The monoisotopic (exact) mass is 423 g/mol. The molecule has 1 aliphatic rings. The summed E-state index contributed by atoms with van der Waals surface area (Å²) in [5.41, 5.74) is 2.18. The normalized spacial score (nSPS) is 14.2. The Hall–Kier alpha value is -3.62. The number of anilines is 1. The lowest BCUT2D eigenvalue weighted by Crippen LogP contribution is -2.35. The quantitative estimate of drug-likeness (QED) is 0.531. The van der Waals surface area contributed by atoms with Gasteiger partial charge in [-0.25, -0.2) is 4.79 Å². The molecule has 3 N–H and O–H groups in total. The molecule has 9 nitrogen and oxygen atoms in total. The van der Waals surface area contributed by atoms with E-state index < -0.39 is 5.91 Å². The van der Waals surface area contributed by atoms with E-state index in [-0.39, 0.29) is 29.5 Å². The van der Waals surface area contributed by atoms with Crippen molar-refractivity contribution in [3.8, 4) is 17.0 Å². The Morgan fingerprint density at radius 1 is 1.19 bits per heavy atom. The minimum absolute atomic E-state index is 0.00422. The number of amides is 2. The molecule has 2 heterocycles. The Morgan fingerprint density at radius 2 is 1.97 bits per heavy atom. The summed E-state index contributed by atoms with van der Waals surface area (Å²) in [5, 5.41) is 24.1. The molecule has 1 saturated carbocycles. The van der Waals surface area contributed by atoms with Crippen LogP contribution in [0.5, 0.6) is 5.75 Å². The number of benzene rings is 1. The van der Waals surface area contributed by atoms with Crippen LogP contribution in [0, 0.1) is 0 Å². The summed E-state index contributed by atoms with van der Waals surface area (Å²) in [7, 11) is 0. The maximum absolute atomic E-state index is 12.8. The van der Waals surface area contributed by atoms with Crippen molar-refractivity contribution in [1.29, 1.82) is 0 Å². The summed E-state index contributed by atoms with van der Waals surface area (Å²) in [6.07, 6.45) is 5.62. The Bertz CT molecular complexity index is 1080. The minimum Gasteiger partial charge on any atom is -0.507 e. The fraction of sp³-hybridized carbons (Fsp3) is 0.364. The van der Waals surface area contributed by atoms with Crippen molar-refractivity contribution in [1.82, 2.24) is 20.3 Å². The number of phenols is 1. The molecule has 0 saturated heterocycles. The first-order valence-corrected chi connectivity index (χ1v) is 10.4. The molecule has 0 bridgehead atoms. The maximum Gasteiger partial charge on any atom is 0.342 e. The second kappa shape index (κ2) is 8.63. The van der Waals surface area contributed by atoms with Gasteiger partial charge >= 0.3 is 6.03 Å². The minimum atomic E-state index is -0.456. The average Bonchev–Trinajstić information content (AvgIpc) is 3.49. The van der Waals surface area contributed by atoms with Gasteiger partial charge in [-0.1, -0.05) is 18.0 Å². The maximum atomic E-state index is 12.8. The molecule has 2 amide bonds. The van der Waals surface area contributed by atoms with Crippen LogP contribution in [0.25, 0.3) is 11.3 Å². The molecule has 1 aromatic carbocycles. The topological polar surface area (TPSA) is 122 Å². The number of carbonyl (C=O) groups excluding carboxylic acids is 2. The van der Waals surface area contributed by atoms with Crippen LogP contribution in [0.2, 0.25) is 0 Å². The number of carbonyl (C=O) groups is 2. The molecule has 0 spiro atoms. The van der Waals surface area contributed by atoms with Gasteiger partial charge in [0.2, 0.25) is 5.76 Å². The van der Waals surface area contributed by atoms with Crippen LogP contribution in [0.4, 0.5) is 10.5 Å². The third-order valence-corrected chi connectivity index (χ3v) is 5.31. The Balaban J connectivity index is 1.68. The van der Waals surface area contributed by atoms with Crippen LogP contribution in [0.15, 0.2) is 41.1 Å². The van der Waals surface area contributed by atoms with Crippen LogP contribution < -0.4 is 10.6 Å². The van der Waals surface area contributed by atoms with Crippen molar-refractivity contribution in [2.45, 2.75) is 51.5 Å². The highest BCUT2D eigenvalue weighted by Gasteiger charge is 2.26. The highest BCUT2D eigenvalue weighted by molar-refractivity contribution is 6.02. The molecule has 31 heavy (non-hydrogen) atoms. The smallest absolute Gasteiger partial charge is 0.342 e. The summed E-state index contributed by atoms with van der Waals surface area (Å²) < 4.78 is 6.28. The van der Waals surface area contributed by atoms with Gasteiger partial charge < -0.3 is 20.3 Å². The molecular formula is C22H25N5O4. The second-order valence-corrected chi connectivity index (χ2v) is 8.01. The first kappa shape index (κ1) is 20.6. The van der Waals surface area contributed by atoms with Gasteiger partial charge in [0.1, 0.15) is 5.75 Å². The third kappa shape index (κ3) is 4.45. The van der Waals surface area contributed by atoms with Crippen molar-refractivity contribution in [2.75, 3.05) is 5.32 Å². The van der Waals surface area contributed by atoms with Gasteiger partial charge in [-0.3, -0.25) is 4.79 Å². The van der Waals surface area contributed by atoms with E-state index in [4.69, 9.17) is 4.52 Å². The Morgan fingerprint density at radius 3 is 2.65 bits per heavy atom. The molecule has 1 aliphatic carbocycles. The van der Waals surface area contributed by atoms with Crippen LogP contribution in [-0.4, -0.2) is 38.0 Å². The second-order valence-electron chi connectivity index (χ2n) is 8.01. The summed E-state index contributed by atoms with van der Waals surface area (Å²) in [6, 6.07) is 7.67. The number of rotatable bonds is 5. The molecule has 0 unspecified atom stereocenters. The van der Waals surface area contributed by atoms with Crippen molar-refractivity contribution < 1.29 is 19.2 Å². The van der Waals surface area contributed by atoms with Crippen LogP contribution in [0.3, 0.4) is 0 Å². The lowest BCUT2D eigenvalue weighted by Gasteiger charge is -2.13. The van der Waals surface area contributed by atoms with E-state index in [2.05, 4.69) is 20.9 Å². The number of phenolic OH excluding ortho intramolecular Hbond substituents is 1. The molecule has 2 aromatic heterocycles. The van der Waals surface area contributed by atoms with Gasteiger partial charge in [-0.2, -0.15) is 9.78 Å². The lowest BCUT2D eigenvalue weighted by molar-refractivity contribution is 0.0988. The lowest BCUT2D eigenvalue weighted by atomic mass is 10.0. The van der Waals surface area contributed by atoms with E-state index in [1.54, 1.807) is 12.1 Å². The van der Waals surface area contributed by atoms with Gasteiger partial charge in [-0.05, 0) is 51.0 Å². The third-order valence-electron chi connectivity index (χ3n) is 5.31. The van der Waals surface area contributed by atoms with Crippen molar-refractivity contribution in [3.63, 3.8) is 0 Å². The largest absolute Gasteiger partial charge is 0.507 e. The predicted molar refractivity (Wildman–Crippen MR) is 114 cm³/mol. The van der Waals surface area contributed by atoms with E-state index in [9.17, 15) is 14.7 Å². The van der Waals surface area contributed by atoms with E-state index in [1.165, 1.54) is 23.0 Å². The summed E-state index contributed by atoms with van der Waals surface area (Å²) in [5.74, 6) is -0.129. The fourth-order valence-corrected chi connectivity index (χ4v) is 3.85. The van der Waals surface area contributed by atoms with E-state index in [0.717, 1.165) is 31.4 Å². The molecule has 0 radical (unpaired) electrons. The van der Waals surface area contributed by atoms with Gasteiger partial charge in [0.05, 0.1) is 17.6 Å². The van der Waals surface area contributed by atoms with E-state index >= 15 is 0 Å². The van der Waals surface area contributed by atoms with Gasteiger partial charge in [0.15, 0.2) is 0 Å². The number of hydrogen-bond donors (Lipinski definition) is 3. The van der Waals surface area contributed by atoms with Gasteiger partial charge in [-0.15, -0.1) is 0 Å². The molecule has 0 atom stereocenters.